The minimum Gasteiger partial charge on any atom is -0.399 e. The summed E-state index contributed by atoms with van der Waals surface area (Å²) in [5.74, 6) is 0. The summed E-state index contributed by atoms with van der Waals surface area (Å²) >= 11 is 0. The molecule has 0 aliphatic rings. The smallest absolute Gasteiger partial charge is 0.0961 e. The molecule has 2 N–H and O–H groups in total. The van der Waals surface area contributed by atoms with Gasteiger partial charge in [-0.25, -0.2) is 4.98 Å². The number of nitrogen functional groups attached to an aromatic ring is 1. The number of imidazole rings is 1. The van der Waals surface area contributed by atoms with E-state index >= 15 is 0 Å². The molecular weight excluding hydrogens is 234 g/mol. The van der Waals surface area contributed by atoms with Crippen LogP contribution >= 0.6 is 0 Å². The average molecular weight is 251 g/mol. The summed E-state index contributed by atoms with van der Waals surface area (Å²) < 4.78 is 2.15. The highest BCUT2D eigenvalue weighted by atomic mass is 15.0. The van der Waals surface area contributed by atoms with Gasteiger partial charge in [0.15, 0.2) is 0 Å². The van der Waals surface area contributed by atoms with E-state index in [1.165, 1.54) is 11.1 Å². The van der Waals surface area contributed by atoms with Crippen molar-refractivity contribution in [2.45, 2.75) is 19.9 Å². The van der Waals surface area contributed by atoms with Crippen molar-refractivity contribution < 1.29 is 0 Å². The highest BCUT2D eigenvalue weighted by Gasteiger charge is 2.03. The normalized spacial score (nSPS) is 11.0. The minimum atomic E-state index is 0.755. The van der Waals surface area contributed by atoms with Crippen molar-refractivity contribution in [3.05, 3.63) is 59.9 Å². The van der Waals surface area contributed by atoms with Crippen molar-refractivity contribution in [1.82, 2.24) is 9.55 Å². The van der Waals surface area contributed by atoms with Crippen molar-refractivity contribution in [3.8, 4) is 0 Å². The molecule has 1 aromatic heterocycles. The van der Waals surface area contributed by atoms with Gasteiger partial charge in [-0.05, 0) is 35.7 Å². The Morgan fingerprint density at radius 3 is 2.53 bits per heavy atom. The summed E-state index contributed by atoms with van der Waals surface area (Å²) in [6.45, 7) is 3.01. The second kappa shape index (κ2) is 4.76. The molecule has 3 nitrogen and oxygen atoms in total. The maximum absolute atomic E-state index is 5.77. The van der Waals surface area contributed by atoms with Crippen LogP contribution in [0.1, 0.15) is 18.1 Å². The molecule has 0 aliphatic carbocycles. The van der Waals surface area contributed by atoms with E-state index in [9.17, 15) is 0 Å². The van der Waals surface area contributed by atoms with Crippen LogP contribution in [0.4, 0.5) is 5.69 Å². The van der Waals surface area contributed by atoms with Crippen molar-refractivity contribution in [1.29, 1.82) is 0 Å². The molecule has 2 aromatic carbocycles. The SMILES string of the molecule is CCc1ccc(Cn2cnc3cc(N)ccc32)cc1. The number of nitrogens with two attached hydrogens (primary N) is 1. The van der Waals surface area contributed by atoms with E-state index in [-0.39, 0.29) is 0 Å². The molecule has 0 saturated carbocycles. The number of nitrogens with zero attached hydrogens (tertiary/aromatic N) is 2. The lowest BCUT2D eigenvalue weighted by Gasteiger charge is -2.06. The fourth-order valence-corrected chi connectivity index (χ4v) is 2.28. The number of benzene rings is 2. The quantitative estimate of drug-likeness (QED) is 0.726. The predicted octanol–water partition coefficient (Wildman–Crippen LogP) is 3.23. The van der Waals surface area contributed by atoms with Crippen molar-refractivity contribution >= 4 is 16.7 Å². The number of fused-ring (bicyclic) bond motifs is 1. The average Bonchev–Trinajstić information content (AvgIpc) is 2.82. The maximum atomic E-state index is 5.77. The number of anilines is 1. The van der Waals surface area contributed by atoms with Gasteiger partial charge in [-0.3, -0.25) is 0 Å². The molecule has 96 valence electrons. The van der Waals surface area contributed by atoms with Crippen LogP contribution in [0.2, 0.25) is 0 Å². The van der Waals surface area contributed by atoms with Crippen molar-refractivity contribution in [2.75, 3.05) is 5.73 Å². The first-order valence-electron chi connectivity index (χ1n) is 6.54. The molecule has 19 heavy (non-hydrogen) atoms. The van der Waals surface area contributed by atoms with Crippen LogP contribution in [0.3, 0.4) is 0 Å². The van der Waals surface area contributed by atoms with E-state index in [4.69, 9.17) is 5.73 Å². The molecule has 0 saturated heterocycles. The molecule has 0 aliphatic heterocycles. The van der Waals surface area contributed by atoms with Gasteiger partial charge in [-0.2, -0.15) is 0 Å². The highest BCUT2D eigenvalue weighted by molar-refractivity contribution is 5.79. The van der Waals surface area contributed by atoms with Gasteiger partial charge in [-0.1, -0.05) is 31.2 Å². The van der Waals surface area contributed by atoms with E-state index in [2.05, 4.69) is 40.7 Å². The summed E-state index contributed by atoms with van der Waals surface area (Å²) in [5.41, 5.74) is 11.2. The zero-order chi connectivity index (χ0) is 13.2. The van der Waals surface area contributed by atoms with Crippen LogP contribution in [0, 0.1) is 0 Å². The lowest BCUT2D eigenvalue weighted by Crippen LogP contribution is -1.98. The van der Waals surface area contributed by atoms with Crippen molar-refractivity contribution in [2.24, 2.45) is 0 Å². The summed E-state index contributed by atoms with van der Waals surface area (Å²) in [6, 6.07) is 14.6. The summed E-state index contributed by atoms with van der Waals surface area (Å²) in [7, 11) is 0. The zero-order valence-corrected chi connectivity index (χ0v) is 11.0. The van der Waals surface area contributed by atoms with Gasteiger partial charge < -0.3 is 10.3 Å². The van der Waals surface area contributed by atoms with Gasteiger partial charge in [0.2, 0.25) is 0 Å². The van der Waals surface area contributed by atoms with E-state index in [0.29, 0.717) is 0 Å². The first-order chi connectivity index (χ1) is 9.26. The number of hydrogen-bond acceptors (Lipinski definition) is 2. The summed E-state index contributed by atoms with van der Waals surface area (Å²) in [4.78, 5) is 4.39. The third kappa shape index (κ3) is 2.32. The highest BCUT2D eigenvalue weighted by Crippen LogP contribution is 2.17. The fraction of sp³-hybridized carbons (Fsp3) is 0.188. The lowest BCUT2D eigenvalue weighted by atomic mass is 10.1. The Kier molecular flexibility index (Phi) is 2.95. The van der Waals surface area contributed by atoms with Crippen LogP contribution in [-0.4, -0.2) is 9.55 Å². The molecule has 0 unspecified atom stereocenters. The second-order valence-corrected chi connectivity index (χ2v) is 4.79. The Balaban J connectivity index is 1.92. The Labute approximate surface area is 112 Å². The first-order valence-corrected chi connectivity index (χ1v) is 6.54. The zero-order valence-electron chi connectivity index (χ0n) is 11.0. The van der Waals surface area contributed by atoms with Gasteiger partial charge in [-0.15, -0.1) is 0 Å². The Hall–Kier alpha value is -2.29. The third-order valence-corrected chi connectivity index (χ3v) is 3.43. The predicted molar refractivity (Wildman–Crippen MR) is 79.1 cm³/mol. The van der Waals surface area contributed by atoms with Gasteiger partial charge >= 0.3 is 0 Å². The number of aryl methyl sites for hydroxylation is 1. The van der Waals surface area contributed by atoms with E-state index in [1.54, 1.807) is 0 Å². The number of rotatable bonds is 3. The van der Waals surface area contributed by atoms with E-state index in [1.807, 2.05) is 24.5 Å². The third-order valence-electron chi connectivity index (χ3n) is 3.43. The monoisotopic (exact) mass is 251 g/mol. The van der Waals surface area contributed by atoms with E-state index < -0.39 is 0 Å². The Bertz CT molecular complexity index is 696. The molecule has 0 fully saturated rings. The van der Waals surface area contributed by atoms with Gasteiger partial charge in [0.1, 0.15) is 0 Å². The van der Waals surface area contributed by atoms with Crippen LogP contribution in [0.15, 0.2) is 48.8 Å². The second-order valence-electron chi connectivity index (χ2n) is 4.79. The van der Waals surface area contributed by atoms with Crippen LogP contribution in [0.5, 0.6) is 0 Å². The van der Waals surface area contributed by atoms with Crippen LogP contribution < -0.4 is 5.73 Å². The molecule has 0 amide bonds. The van der Waals surface area contributed by atoms with E-state index in [0.717, 1.165) is 29.7 Å². The minimum absolute atomic E-state index is 0.755. The van der Waals surface area contributed by atoms with Gasteiger partial charge in [0, 0.05) is 12.2 Å². The molecule has 0 atom stereocenters. The van der Waals surface area contributed by atoms with Crippen LogP contribution in [-0.2, 0) is 13.0 Å². The number of aromatic nitrogens is 2. The summed E-state index contributed by atoms with van der Waals surface area (Å²) in [6.07, 6.45) is 2.95. The number of hydrogen-bond donors (Lipinski definition) is 1. The van der Waals surface area contributed by atoms with Crippen molar-refractivity contribution in [3.63, 3.8) is 0 Å². The molecule has 1 heterocycles. The molecule has 3 rings (SSSR count). The molecule has 0 spiro atoms. The molecule has 0 radical (unpaired) electrons. The molecule has 3 heteroatoms. The van der Waals surface area contributed by atoms with Crippen LogP contribution in [0.25, 0.3) is 11.0 Å². The molecule has 3 aromatic rings. The lowest BCUT2D eigenvalue weighted by molar-refractivity contribution is 0.823. The van der Waals surface area contributed by atoms with Gasteiger partial charge in [0.25, 0.3) is 0 Å². The topological polar surface area (TPSA) is 43.8 Å². The standard InChI is InChI=1S/C16H17N3/c1-2-12-3-5-13(6-4-12)10-19-11-18-15-9-14(17)7-8-16(15)19/h3-9,11H,2,10,17H2,1H3. The Morgan fingerprint density at radius 1 is 1.05 bits per heavy atom. The molecule has 0 bridgehead atoms. The first kappa shape index (κ1) is 11.8. The Morgan fingerprint density at radius 2 is 1.79 bits per heavy atom. The fourth-order valence-electron chi connectivity index (χ4n) is 2.28. The molecular formula is C16H17N3. The maximum Gasteiger partial charge on any atom is 0.0961 e. The van der Waals surface area contributed by atoms with Gasteiger partial charge in [0.05, 0.1) is 17.4 Å². The largest absolute Gasteiger partial charge is 0.399 e. The summed E-state index contributed by atoms with van der Waals surface area (Å²) in [5, 5.41) is 0.